The molecule has 0 N–H and O–H groups in total. The van der Waals surface area contributed by atoms with Crippen LogP contribution in [-0.4, -0.2) is 54.2 Å². The molecule has 2 aliphatic heterocycles. The fourth-order valence-electron chi connectivity index (χ4n) is 3.83. The van der Waals surface area contributed by atoms with Gasteiger partial charge in [-0.1, -0.05) is 20.8 Å². The van der Waals surface area contributed by atoms with Crippen molar-refractivity contribution in [2.45, 2.75) is 64.6 Å². The Morgan fingerprint density at radius 2 is 1.68 bits per heavy atom. The van der Waals surface area contributed by atoms with E-state index in [0.29, 0.717) is 12.0 Å². The zero-order chi connectivity index (χ0) is 13.9. The normalized spacial score (nSPS) is 27.0. The Kier molecular flexibility index (Phi) is 5.24. The molecule has 0 bridgehead atoms. The van der Waals surface area contributed by atoms with Crippen LogP contribution in [0.4, 0.5) is 4.39 Å². The Morgan fingerprint density at radius 1 is 1.11 bits per heavy atom. The van der Waals surface area contributed by atoms with E-state index >= 15 is 0 Å². The molecule has 0 radical (unpaired) electrons. The minimum atomic E-state index is -0.880. The van der Waals surface area contributed by atoms with Crippen LogP contribution in [0.1, 0.15) is 52.9 Å². The first kappa shape index (κ1) is 15.2. The van der Waals surface area contributed by atoms with Crippen molar-refractivity contribution in [1.82, 2.24) is 9.80 Å². The molecule has 2 rings (SSSR count). The van der Waals surface area contributed by atoms with E-state index in [9.17, 15) is 4.39 Å². The molecule has 2 heterocycles. The third kappa shape index (κ3) is 4.16. The molecular formula is C16H31FN2. The number of hydrogen-bond acceptors (Lipinski definition) is 2. The largest absolute Gasteiger partial charge is 0.303 e. The van der Waals surface area contributed by atoms with Gasteiger partial charge in [-0.25, -0.2) is 4.39 Å². The Bertz CT molecular complexity index is 264. The average molecular weight is 270 g/mol. The van der Waals surface area contributed by atoms with E-state index < -0.39 is 5.67 Å². The summed E-state index contributed by atoms with van der Waals surface area (Å²) in [6.07, 6.45) is 4.79. The molecule has 0 unspecified atom stereocenters. The lowest BCUT2D eigenvalue weighted by molar-refractivity contribution is 0.00971. The molecule has 0 aromatic heterocycles. The van der Waals surface area contributed by atoms with Crippen molar-refractivity contribution in [2.24, 2.45) is 5.92 Å². The van der Waals surface area contributed by atoms with Crippen molar-refractivity contribution in [3.63, 3.8) is 0 Å². The van der Waals surface area contributed by atoms with Gasteiger partial charge in [0.25, 0.3) is 0 Å². The summed E-state index contributed by atoms with van der Waals surface area (Å²) in [6.45, 7) is 12.1. The minimum absolute atomic E-state index is 0.476. The van der Waals surface area contributed by atoms with E-state index in [-0.39, 0.29) is 0 Å². The SMILES string of the molecule is CCN1CCC(N2CCC(F)(CC(C)C)CC2)CC1. The second-order valence-corrected chi connectivity index (χ2v) is 6.95. The van der Waals surface area contributed by atoms with Crippen molar-refractivity contribution < 1.29 is 4.39 Å². The van der Waals surface area contributed by atoms with Crippen molar-refractivity contribution in [3.05, 3.63) is 0 Å². The van der Waals surface area contributed by atoms with Crippen molar-refractivity contribution in [1.29, 1.82) is 0 Å². The topological polar surface area (TPSA) is 6.48 Å². The maximum Gasteiger partial charge on any atom is 0.113 e. The third-order valence-electron chi connectivity index (χ3n) is 4.99. The Labute approximate surface area is 118 Å². The maximum absolute atomic E-state index is 14.6. The minimum Gasteiger partial charge on any atom is -0.303 e. The van der Waals surface area contributed by atoms with Gasteiger partial charge in [-0.3, -0.25) is 0 Å². The van der Waals surface area contributed by atoms with Gasteiger partial charge in [0.05, 0.1) is 0 Å². The number of halogens is 1. The van der Waals surface area contributed by atoms with E-state index in [0.717, 1.165) is 32.4 Å². The quantitative estimate of drug-likeness (QED) is 0.773. The molecule has 2 saturated heterocycles. The van der Waals surface area contributed by atoms with Crippen molar-refractivity contribution in [3.8, 4) is 0 Å². The van der Waals surface area contributed by atoms with Crippen LogP contribution in [0.3, 0.4) is 0 Å². The van der Waals surface area contributed by atoms with Crippen LogP contribution < -0.4 is 0 Å². The van der Waals surface area contributed by atoms with Crippen LogP contribution in [0.5, 0.6) is 0 Å². The predicted molar refractivity (Wildman–Crippen MR) is 79.2 cm³/mol. The van der Waals surface area contributed by atoms with Gasteiger partial charge < -0.3 is 9.80 Å². The zero-order valence-corrected chi connectivity index (χ0v) is 13.0. The molecule has 0 spiro atoms. The summed E-state index contributed by atoms with van der Waals surface area (Å²) in [5.74, 6) is 0.476. The molecule has 2 nitrogen and oxygen atoms in total. The Hall–Kier alpha value is -0.150. The van der Waals surface area contributed by atoms with Crippen LogP contribution in [-0.2, 0) is 0 Å². The van der Waals surface area contributed by atoms with Crippen LogP contribution in [0.15, 0.2) is 0 Å². The first-order chi connectivity index (χ1) is 9.02. The summed E-state index contributed by atoms with van der Waals surface area (Å²) in [5.41, 5.74) is -0.880. The van der Waals surface area contributed by atoms with E-state index in [1.54, 1.807) is 0 Å². The number of piperidine rings is 2. The molecule has 2 aliphatic rings. The lowest BCUT2D eigenvalue weighted by atomic mass is 9.84. The highest BCUT2D eigenvalue weighted by Gasteiger charge is 2.37. The van der Waals surface area contributed by atoms with E-state index in [1.165, 1.54) is 32.5 Å². The third-order valence-corrected chi connectivity index (χ3v) is 4.99. The molecule has 0 aliphatic carbocycles. The first-order valence-corrected chi connectivity index (χ1v) is 8.18. The van der Waals surface area contributed by atoms with Gasteiger partial charge in [-0.05, 0) is 57.7 Å². The lowest BCUT2D eigenvalue weighted by Crippen LogP contribution is -2.50. The first-order valence-electron chi connectivity index (χ1n) is 8.18. The average Bonchev–Trinajstić information content (AvgIpc) is 2.38. The fourth-order valence-corrected chi connectivity index (χ4v) is 3.83. The summed E-state index contributed by atoms with van der Waals surface area (Å²) < 4.78 is 14.6. The standard InChI is InChI=1S/C16H31FN2/c1-4-18-9-5-15(6-10-18)19-11-7-16(17,8-12-19)13-14(2)3/h14-15H,4-13H2,1-3H3. The van der Waals surface area contributed by atoms with Gasteiger partial charge in [0.2, 0.25) is 0 Å². The van der Waals surface area contributed by atoms with E-state index in [2.05, 4.69) is 30.6 Å². The molecule has 112 valence electrons. The molecular weight excluding hydrogens is 239 g/mol. The van der Waals surface area contributed by atoms with Crippen molar-refractivity contribution >= 4 is 0 Å². The lowest BCUT2D eigenvalue weighted by Gasteiger charge is -2.43. The second kappa shape index (κ2) is 6.53. The number of nitrogens with zero attached hydrogens (tertiary/aromatic N) is 2. The molecule has 0 saturated carbocycles. The van der Waals surface area contributed by atoms with Gasteiger partial charge in [-0.15, -0.1) is 0 Å². The molecule has 2 fully saturated rings. The highest BCUT2D eigenvalue weighted by atomic mass is 19.1. The van der Waals surface area contributed by atoms with Crippen molar-refractivity contribution in [2.75, 3.05) is 32.7 Å². The van der Waals surface area contributed by atoms with E-state index in [4.69, 9.17) is 0 Å². The molecule has 19 heavy (non-hydrogen) atoms. The number of rotatable bonds is 4. The highest BCUT2D eigenvalue weighted by molar-refractivity contribution is 4.90. The second-order valence-electron chi connectivity index (χ2n) is 6.95. The van der Waals surface area contributed by atoms with Gasteiger partial charge in [0.15, 0.2) is 0 Å². The summed E-state index contributed by atoms with van der Waals surface area (Å²) in [5, 5.41) is 0. The molecule has 3 heteroatoms. The summed E-state index contributed by atoms with van der Waals surface area (Å²) in [6, 6.07) is 0.714. The van der Waals surface area contributed by atoms with Gasteiger partial charge in [0, 0.05) is 19.1 Å². The van der Waals surface area contributed by atoms with Gasteiger partial charge >= 0.3 is 0 Å². The fraction of sp³-hybridized carbons (Fsp3) is 1.00. The van der Waals surface area contributed by atoms with Gasteiger partial charge in [-0.2, -0.15) is 0 Å². The number of likely N-dealkylation sites (tertiary alicyclic amines) is 2. The maximum atomic E-state index is 14.6. The van der Waals surface area contributed by atoms with E-state index in [1.807, 2.05) is 0 Å². The highest BCUT2D eigenvalue weighted by Crippen LogP contribution is 2.34. The number of alkyl halides is 1. The molecule has 0 aromatic carbocycles. The summed E-state index contributed by atoms with van der Waals surface area (Å²) in [4.78, 5) is 5.09. The van der Waals surface area contributed by atoms with Crippen LogP contribution in [0.25, 0.3) is 0 Å². The Balaban J connectivity index is 1.77. The zero-order valence-electron chi connectivity index (χ0n) is 13.0. The number of hydrogen-bond donors (Lipinski definition) is 0. The van der Waals surface area contributed by atoms with Crippen LogP contribution in [0.2, 0.25) is 0 Å². The van der Waals surface area contributed by atoms with Crippen LogP contribution >= 0.6 is 0 Å². The van der Waals surface area contributed by atoms with Crippen LogP contribution in [0, 0.1) is 5.92 Å². The molecule has 0 aromatic rings. The molecule has 0 atom stereocenters. The smallest absolute Gasteiger partial charge is 0.113 e. The predicted octanol–water partition coefficient (Wildman–Crippen LogP) is 3.32. The van der Waals surface area contributed by atoms with Gasteiger partial charge in [0.1, 0.15) is 5.67 Å². The summed E-state index contributed by atoms with van der Waals surface area (Å²) >= 11 is 0. The monoisotopic (exact) mass is 270 g/mol. The summed E-state index contributed by atoms with van der Waals surface area (Å²) in [7, 11) is 0. The Morgan fingerprint density at radius 3 is 2.16 bits per heavy atom. The molecule has 0 amide bonds.